The highest BCUT2D eigenvalue weighted by Gasteiger charge is 2.15. The summed E-state index contributed by atoms with van der Waals surface area (Å²) < 4.78 is 33.3. The van der Waals surface area contributed by atoms with Crippen molar-refractivity contribution >= 4 is 34.6 Å². The van der Waals surface area contributed by atoms with Crippen LogP contribution in [0.15, 0.2) is 29.3 Å². The van der Waals surface area contributed by atoms with E-state index in [0.29, 0.717) is 17.1 Å². The minimum atomic E-state index is -0.631. The van der Waals surface area contributed by atoms with Crippen molar-refractivity contribution in [1.29, 1.82) is 0 Å². The Morgan fingerprint density at radius 1 is 1.28 bits per heavy atom. The summed E-state index contributed by atoms with van der Waals surface area (Å²) in [6, 6.07) is 5.22. The molecule has 0 saturated carbocycles. The third kappa shape index (κ3) is 5.35. The van der Waals surface area contributed by atoms with Crippen LogP contribution >= 0.6 is 22.6 Å². The maximum absolute atomic E-state index is 13.4. The Bertz CT molecular complexity index is 763. The Morgan fingerprint density at radius 2 is 1.92 bits per heavy atom. The average molecular weight is 459 g/mol. The van der Waals surface area contributed by atoms with Gasteiger partial charge in [0.2, 0.25) is 5.88 Å². The van der Waals surface area contributed by atoms with E-state index in [1.165, 1.54) is 12.1 Å². The molecule has 2 rings (SSSR count). The zero-order chi connectivity index (χ0) is 18.6. The minimum Gasteiger partial charge on any atom is -0.469 e. The van der Waals surface area contributed by atoms with Gasteiger partial charge >= 0.3 is 0 Å². The molecule has 0 aliphatic rings. The molecule has 0 saturated heterocycles. The monoisotopic (exact) mass is 459 g/mol. The van der Waals surface area contributed by atoms with E-state index in [9.17, 15) is 8.78 Å². The number of aromatic nitrogens is 1. The molecule has 0 spiro atoms. The van der Waals surface area contributed by atoms with E-state index in [1.807, 2.05) is 31.9 Å². The van der Waals surface area contributed by atoms with Gasteiger partial charge < -0.3 is 9.64 Å². The van der Waals surface area contributed by atoms with E-state index in [1.54, 1.807) is 13.3 Å². The van der Waals surface area contributed by atoms with Crippen molar-refractivity contribution in [3.63, 3.8) is 0 Å². The van der Waals surface area contributed by atoms with Crippen molar-refractivity contribution in [1.82, 2.24) is 9.88 Å². The number of nitrogens with zero attached hydrogens (tertiary/aromatic N) is 3. The predicted molar refractivity (Wildman–Crippen MR) is 104 cm³/mol. The first-order valence-electron chi connectivity index (χ1n) is 7.84. The number of hydrogen-bond acceptors (Lipinski definition) is 3. The summed E-state index contributed by atoms with van der Waals surface area (Å²) in [5.74, 6) is -0.846. The third-order valence-corrected chi connectivity index (χ3v) is 4.42. The smallest absolute Gasteiger partial charge is 0.228 e. The fourth-order valence-corrected chi connectivity index (χ4v) is 2.59. The maximum Gasteiger partial charge on any atom is 0.228 e. The first kappa shape index (κ1) is 19.6. The van der Waals surface area contributed by atoms with Crippen LogP contribution in [0, 0.1) is 22.1 Å². The minimum absolute atomic E-state index is 0.415. The Labute approximate surface area is 160 Å². The summed E-state index contributed by atoms with van der Waals surface area (Å²) >= 11 is 2.11. The third-order valence-electron chi connectivity index (χ3n) is 3.64. The molecule has 4 nitrogen and oxygen atoms in total. The lowest BCUT2D eigenvalue weighted by atomic mass is 10.1. The van der Waals surface area contributed by atoms with E-state index >= 15 is 0 Å². The number of rotatable bonds is 6. The van der Waals surface area contributed by atoms with Gasteiger partial charge in [-0.05, 0) is 67.1 Å². The Hall–Kier alpha value is -1.77. The fraction of sp³-hybridized carbons (Fsp3) is 0.333. The molecule has 0 amide bonds. The Kier molecular flexibility index (Phi) is 6.69. The van der Waals surface area contributed by atoms with Crippen LogP contribution in [0.2, 0.25) is 0 Å². The van der Waals surface area contributed by atoms with E-state index < -0.39 is 17.7 Å². The summed E-state index contributed by atoms with van der Waals surface area (Å²) in [6.45, 7) is 6.46. The first-order chi connectivity index (χ1) is 11.8. The number of benzene rings is 1. The van der Waals surface area contributed by atoms with Gasteiger partial charge in [0.25, 0.3) is 0 Å². The van der Waals surface area contributed by atoms with Gasteiger partial charge in [0.05, 0.1) is 21.3 Å². The second kappa shape index (κ2) is 8.55. The van der Waals surface area contributed by atoms with Crippen LogP contribution in [0.1, 0.15) is 31.2 Å². The van der Waals surface area contributed by atoms with Crippen molar-refractivity contribution < 1.29 is 13.5 Å². The van der Waals surface area contributed by atoms with Crippen LogP contribution in [0.5, 0.6) is 5.88 Å². The van der Waals surface area contributed by atoms with Crippen LogP contribution in [-0.2, 0) is 0 Å². The zero-order valence-corrected chi connectivity index (χ0v) is 16.7. The predicted octanol–water partition coefficient (Wildman–Crippen LogP) is 5.02. The lowest BCUT2D eigenvalue weighted by Crippen LogP contribution is -2.14. The molecular weight excluding hydrogens is 439 g/mol. The molecule has 25 heavy (non-hydrogen) atoms. The summed E-state index contributed by atoms with van der Waals surface area (Å²) in [6.07, 6.45) is 1.21. The standard InChI is InChI=1S/C18H20F2IN3O/c1-5-24(4)10-22-17-9-16(21)18(23-11(17)2)25-12(3)13-6-14(19)8-15(20)7-13/h6-10,12H,5H2,1-4H3. The van der Waals surface area contributed by atoms with Crippen LogP contribution in [0.25, 0.3) is 0 Å². The highest BCUT2D eigenvalue weighted by molar-refractivity contribution is 14.1. The quantitative estimate of drug-likeness (QED) is 0.346. The van der Waals surface area contributed by atoms with Gasteiger partial charge in [-0.25, -0.2) is 18.8 Å². The number of pyridine rings is 1. The lowest BCUT2D eigenvalue weighted by Gasteiger charge is -2.17. The van der Waals surface area contributed by atoms with Gasteiger partial charge in [0, 0.05) is 19.7 Å². The maximum atomic E-state index is 13.4. The number of ether oxygens (including phenoxy) is 1. The summed E-state index contributed by atoms with van der Waals surface area (Å²) in [4.78, 5) is 10.8. The van der Waals surface area contributed by atoms with E-state index in [4.69, 9.17) is 4.74 Å². The molecule has 2 aromatic rings. The Morgan fingerprint density at radius 3 is 2.52 bits per heavy atom. The second-order valence-electron chi connectivity index (χ2n) is 5.66. The van der Waals surface area contributed by atoms with Crippen molar-refractivity contribution in [3.8, 4) is 5.88 Å². The molecule has 1 heterocycles. The van der Waals surface area contributed by atoms with Gasteiger partial charge in [-0.15, -0.1) is 0 Å². The van der Waals surface area contributed by atoms with Crippen molar-refractivity contribution in [2.24, 2.45) is 4.99 Å². The highest BCUT2D eigenvalue weighted by Crippen LogP contribution is 2.30. The van der Waals surface area contributed by atoms with Gasteiger partial charge in [-0.1, -0.05) is 0 Å². The molecular formula is C18H20F2IN3O. The molecule has 1 aromatic heterocycles. The summed E-state index contributed by atoms with van der Waals surface area (Å²) in [5.41, 5.74) is 1.88. The largest absolute Gasteiger partial charge is 0.469 e. The second-order valence-corrected chi connectivity index (χ2v) is 6.82. The average Bonchev–Trinajstić information content (AvgIpc) is 2.55. The number of aryl methyl sites for hydroxylation is 1. The SMILES string of the molecule is CCN(C)C=Nc1cc(I)c(OC(C)c2cc(F)cc(F)c2)nc1C. The zero-order valence-electron chi connectivity index (χ0n) is 14.6. The number of hydrogen-bond donors (Lipinski definition) is 0. The fourth-order valence-electron chi connectivity index (χ4n) is 2.05. The van der Waals surface area contributed by atoms with Crippen molar-refractivity contribution in [3.05, 3.63) is 50.7 Å². The molecule has 0 aliphatic heterocycles. The van der Waals surface area contributed by atoms with Crippen LogP contribution < -0.4 is 4.74 Å². The normalized spacial score (nSPS) is 12.4. The first-order valence-corrected chi connectivity index (χ1v) is 8.92. The lowest BCUT2D eigenvalue weighted by molar-refractivity contribution is 0.214. The van der Waals surface area contributed by atoms with Gasteiger partial charge in [-0.2, -0.15) is 0 Å². The highest BCUT2D eigenvalue weighted by atomic mass is 127. The molecule has 0 bridgehead atoms. The molecule has 0 N–H and O–H groups in total. The molecule has 0 aliphatic carbocycles. The Balaban J connectivity index is 2.22. The van der Waals surface area contributed by atoms with E-state index in [2.05, 4.69) is 32.6 Å². The van der Waals surface area contributed by atoms with E-state index in [-0.39, 0.29) is 0 Å². The van der Waals surface area contributed by atoms with Crippen LogP contribution in [-0.4, -0.2) is 29.8 Å². The number of halogens is 3. The van der Waals surface area contributed by atoms with Crippen molar-refractivity contribution in [2.75, 3.05) is 13.6 Å². The molecule has 7 heteroatoms. The topological polar surface area (TPSA) is 37.7 Å². The van der Waals surface area contributed by atoms with Gasteiger partial charge in [-0.3, -0.25) is 0 Å². The van der Waals surface area contributed by atoms with Crippen molar-refractivity contribution in [2.45, 2.75) is 26.9 Å². The molecule has 1 unspecified atom stereocenters. The molecule has 134 valence electrons. The van der Waals surface area contributed by atoms with Crippen LogP contribution in [0.4, 0.5) is 14.5 Å². The van der Waals surface area contributed by atoms with E-state index in [0.717, 1.165) is 21.9 Å². The molecule has 1 aromatic carbocycles. The van der Waals surface area contributed by atoms with Gasteiger partial charge in [0.15, 0.2) is 0 Å². The summed E-state index contributed by atoms with van der Waals surface area (Å²) in [5, 5.41) is 0. The molecule has 0 fully saturated rings. The van der Waals surface area contributed by atoms with Crippen LogP contribution in [0.3, 0.4) is 0 Å². The van der Waals surface area contributed by atoms with Gasteiger partial charge in [0.1, 0.15) is 17.7 Å². The number of aliphatic imine (C=N–C) groups is 1. The molecule has 1 atom stereocenters. The molecule has 0 radical (unpaired) electrons. The summed E-state index contributed by atoms with van der Waals surface area (Å²) in [7, 11) is 1.94.